The lowest BCUT2D eigenvalue weighted by atomic mass is 10.0. The lowest BCUT2D eigenvalue weighted by molar-refractivity contribution is -0.115. The first-order valence-electron chi connectivity index (χ1n) is 14.1. The standard InChI is InChI=1S/C30H35F5N6O3/c1-18-16-40(9-8-39(18)4)24-13-23(31)26(20-5-6-25(37-14-20)41-10-12-44-19(2)17-41)27(32)28(24)38-29(43)21(15-36-3)22(7-11-42)30(33,34)35/h5-7,11,13-15,18-19,36H,8-10,12,16-17H2,1-4H3,(H,38,43)/b21-15+,22-7+. The van der Waals surface area contributed by atoms with Crippen molar-refractivity contribution in [3.8, 4) is 11.1 Å². The zero-order valence-electron chi connectivity index (χ0n) is 24.8. The van der Waals surface area contributed by atoms with Gasteiger partial charge in [0.05, 0.1) is 35.1 Å². The van der Waals surface area contributed by atoms with Crippen LogP contribution in [0.25, 0.3) is 11.1 Å². The quantitative estimate of drug-likeness (QED) is 0.197. The number of allylic oxidation sites excluding steroid dienone is 1. The second-order valence-corrected chi connectivity index (χ2v) is 10.8. The van der Waals surface area contributed by atoms with Crippen molar-refractivity contribution < 1.29 is 36.3 Å². The maximum absolute atomic E-state index is 16.4. The van der Waals surface area contributed by atoms with E-state index in [1.807, 2.05) is 30.7 Å². The lowest BCUT2D eigenvalue weighted by Gasteiger charge is -2.40. The molecule has 2 atom stereocenters. The number of morpholine rings is 1. The van der Waals surface area contributed by atoms with Crippen molar-refractivity contribution in [2.24, 2.45) is 0 Å². The van der Waals surface area contributed by atoms with E-state index in [0.717, 1.165) is 12.3 Å². The summed E-state index contributed by atoms with van der Waals surface area (Å²) in [6.07, 6.45) is -2.91. The molecule has 1 aromatic heterocycles. The van der Waals surface area contributed by atoms with Crippen LogP contribution < -0.4 is 20.4 Å². The maximum Gasteiger partial charge on any atom is 0.417 e. The average molecular weight is 623 g/mol. The first-order valence-corrected chi connectivity index (χ1v) is 14.1. The van der Waals surface area contributed by atoms with E-state index in [9.17, 15) is 22.8 Å². The monoisotopic (exact) mass is 622 g/mol. The highest BCUT2D eigenvalue weighted by molar-refractivity contribution is 6.09. The van der Waals surface area contributed by atoms with E-state index in [-0.39, 0.29) is 35.8 Å². The maximum atomic E-state index is 16.4. The van der Waals surface area contributed by atoms with Gasteiger partial charge in [-0.1, -0.05) is 0 Å². The number of nitrogens with zero attached hydrogens (tertiary/aromatic N) is 4. The van der Waals surface area contributed by atoms with E-state index in [2.05, 4.69) is 15.6 Å². The molecule has 238 valence electrons. The van der Waals surface area contributed by atoms with E-state index in [1.54, 1.807) is 11.0 Å². The molecule has 4 rings (SSSR count). The van der Waals surface area contributed by atoms with Crippen LogP contribution in [-0.2, 0) is 14.3 Å². The van der Waals surface area contributed by atoms with Gasteiger partial charge in [0, 0.05) is 69.8 Å². The van der Waals surface area contributed by atoms with Crippen LogP contribution in [-0.4, -0.2) is 93.8 Å². The van der Waals surface area contributed by atoms with Gasteiger partial charge < -0.3 is 30.1 Å². The van der Waals surface area contributed by atoms with Crippen molar-refractivity contribution in [2.45, 2.75) is 32.2 Å². The van der Waals surface area contributed by atoms with Crippen LogP contribution in [0.2, 0.25) is 0 Å². The molecule has 0 bridgehead atoms. The second-order valence-electron chi connectivity index (χ2n) is 10.8. The number of hydrogen-bond acceptors (Lipinski definition) is 8. The van der Waals surface area contributed by atoms with Crippen molar-refractivity contribution in [3.63, 3.8) is 0 Å². The molecule has 2 saturated heterocycles. The van der Waals surface area contributed by atoms with Gasteiger partial charge in [0.25, 0.3) is 5.91 Å². The number of amides is 1. The molecule has 2 aromatic rings. The zero-order chi connectivity index (χ0) is 32.2. The number of carbonyl (C=O) groups excluding carboxylic acids is 2. The number of benzene rings is 1. The summed E-state index contributed by atoms with van der Waals surface area (Å²) in [7, 11) is 3.17. The Morgan fingerprint density at radius 3 is 2.45 bits per heavy atom. The van der Waals surface area contributed by atoms with Crippen molar-refractivity contribution in [1.82, 2.24) is 15.2 Å². The van der Waals surface area contributed by atoms with Gasteiger partial charge in [-0.2, -0.15) is 13.2 Å². The fourth-order valence-corrected chi connectivity index (χ4v) is 5.25. The smallest absolute Gasteiger partial charge is 0.393 e. The highest BCUT2D eigenvalue weighted by atomic mass is 19.4. The Hall–Kier alpha value is -4.04. The summed E-state index contributed by atoms with van der Waals surface area (Å²) in [5.41, 5.74) is -3.44. The Morgan fingerprint density at radius 2 is 1.86 bits per heavy atom. The van der Waals surface area contributed by atoms with Crippen molar-refractivity contribution in [3.05, 3.63) is 59.5 Å². The normalized spacial score (nSPS) is 20.5. The van der Waals surface area contributed by atoms with Gasteiger partial charge in [0.2, 0.25) is 0 Å². The second kappa shape index (κ2) is 13.7. The summed E-state index contributed by atoms with van der Waals surface area (Å²) in [5, 5.41) is 4.62. The molecule has 0 radical (unpaired) electrons. The highest BCUT2D eigenvalue weighted by Crippen LogP contribution is 2.40. The number of aldehydes is 1. The van der Waals surface area contributed by atoms with E-state index in [1.165, 1.54) is 19.3 Å². The summed E-state index contributed by atoms with van der Waals surface area (Å²) < 4.78 is 79.2. The van der Waals surface area contributed by atoms with Crippen LogP contribution in [0.4, 0.5) is 39.1 Å². The Kier molecular flexibility index (Phi) is 10.3. The number of piperazine rings is 1. The van der Waals surface area contributed by atoms with Gasteiger partial charge in [-0.25, -0.2) is 13.8 Å². The third-order valence-electron chi connectivity index (χ3n) is 7.70. The Bertz CT molecular complexity index is 1430. The number of aromatic nitrogens is 1. The minimum Gasteiger partial charge on any atom is -0.393 e. The number of nitrogens with one attached hydrogen (secondary N) is 2. The van der Waals surface area contributed by atoms with Crippen LogP contribution in [0.3, 0.4) is 0 Å². The lowest BCUT2D eigenvalue weighted by Crippen LogP contribution is -2.50. The van der Waals surface area contributed by atoms with Crippen molar-refractivity contribution in [2.75, 3.05) is 68.5 Å². The first kappa shape index (κ1) is 32.9. The molecule has 14 heteroatoms. The minimum absolute atomic E-state index is 0.0165. The fraction of sp³-hybridized carbons (Fsp3) is 0.433. The van der Waals surface area contributed by atoms with Crippen LogP contribution in [0, 0.1) is 11.6 Å². The molecule has 2 aliphatic rings. The summed E-state index contributed by atoms with van der Waals surface area (Å²) in [5.74, 6) is -2.87. The number of pyridine rings is 1. The summed E-state index contributed by atoms with van der Waals surface area (Å²) >= 11 is 0. The van der Waals surface area contributed by atoms with Gasteiger partial charge >= 0.3 is 6.18 Å². The van der Waals surface area contributed by atoms with Crippen molar-refractivity contribution in [1.29, 1.82) is 0 Å². The van der Waals surface area contributed by atoms with Gasteiger partial charge in [0.15, 0.2) is 5.82 Å². The number of halogens is 5. The van der Waals surface area contributed by atoms with Gasteiger partial charge in [0.1, 0.15) is 23.6 Å². The molecular weight excluding hydrogens is 587 g/mol. The number of likely N-dealkylation sites (N-methyl/N-ethyl adjacent to an activating group) is 1. The third kappa shape index (κ3) is 7.18. The minimum atomic E-state index is -5.07. The third-order valence-corrected chi connectivity index (χ3v) is 7.70. The van der Waals surface area contributed by atoms with Crippen LogP contribution >= 0.6 is 0 Å². The summed E-state index contributed by atoms with van der Waals surface area (Å²) in [4.78, 5) is 34.5. The number of hydrogen-bond donors (Lipinski definition) is 2. The molecule has 9 nitrogen and oxygen atoms in total. The molecule has 44 heavy (non-hydrogen) atoms. The average Bonchev–Trinajstić information content (AvgIpc) is 2.97. The fourth-order valence-electron chi connectivity index (χ4n) is 5.25. The van der Waals surface area contributed by atoms with E-state index in [4.69, 9.17) is 4.74 Å². The zero-order valence-corrected chi connectivity index (χ0v) is 24.8. The number of anilines is 3. The summed E-state index contributed by atoms with van der Waals surface area (Å²) in [6, 6.07) is 4.16. The summed E-state index contributed by atoms with van der Waals surface area (Å²) in [6.45, 7) is 6.74. The van der Waals surface area contributed by atoms with E-state index < -0.39 is 46.1 Å². The number of ether oxygens (including phenoxy) is 1. The molecule has 0 aliphatic carbocycles. The molecular formula is C30H35F5N6O3. The number of alkyl halides is 3. The van der Waals surface area contributed by atoms with E-state index in [0.29, 0.717) is 45.1 Å². The molecule has 0 saturated carbocycles. The number of rotatable bonds is 8. The topological polar surface area (TPSA) is 90.0 Å². The Labute approximate surface area is 252 Å². The Morgan fingerprint density at radius 1 is 1.11 bits per heavy atom. The predicted octanol–water partition coefficient (Wildman–Crippen LogP) is 4.12. The molecule has 2 unspecified atom stereocenters. The molecule has 1 amide bonds. The predicted molar refractivity (Wildman–Crippen MR) is 157 cm³/mol. The molecule has 2 aliphatic heterocycles. The van der Waals surface area contributed by atoms with Gasteiger partial charge in [-0.3, -0.25) is 9.59 Å². The van der Waals surface area contributed by atoms with E-state index >= 15 is 8.78 Å². The molecule has 2 fully saturated rings. The molecule has 1 aromatic carbocycles. The van der Waals surface area contributed by atoms with Crippen LogP contribution in [0.15, 0.2) is 47.8 Å². The largest absolute Gasteiger partial charge is 0.417 e. The Balaban J connectivity index is 1.79. The SMILES string of the molecule is CN/C=C(C(=O)Nc1c(N2CCN(C)C(C)C2)cc(F)c(-c2ccc(N3CCOC(C)C3)nc2)c1F)\C(=C/C=O)C(F)(F)F. The van der Waals surface area contributed by atoms with Crippen LogP contribution in [0.5, 0.6) is 0 Å². The van der Waals surface area contributed by atoms with Crippen molar-refractivity contribution >= 4 is 29.4 Å². The first-order chi connectivity index (χ1) is 20.8. The highest BCUT2D eigenvalue weighted by Gasteiger charge is 2.39. The van der Waals surface area contributed by atoms with Crippen LogP contribution in [0.1, 0.15) is 13.8 Å². The number of carbonyl (C=O) groups is 2. The molecule has 3 heterocycles. The van der Waals surface area contributed by atoms with Gasteiger partial charge in [-0.15, -0.1) is 0 Å². The van der Waals surface area contributed by atoms with Gasteiger partial charge in [-0.05, 0) is 39.1 Å². The molecule has 0 spiro atoms. The molecule has 2 N–H and O–H groups in total.